The summed E-state index contributed by atoms with van der Waals surface area (Å²) in [4.78, 5) is 25.1. The van der Waals surface area contributed by atoms with Crippen molar-refractivity contribution in [3.63, 3.8) is 0 Å². The molecule has 0 radical (unpaired) electrons. The molecule has 1 N–H and O–H groups in total. The quantitative estimate of drug-likeness (QED) is 0.608. The standard InChI is InChI=1S/C20H19F4N5O3/c1-27-19(31)13-9-16(30)29(28-5-7-32-8-6-28)11-14(13)18(26-27)25-10-12-3-2-4-15(17(12)21)20(22,23)24/h2-4,9,11H,5-8,10H2,1H3,(H,25,26). The summed E-state index contributed by atoms with van der Waals surface area (Å²) in [5.41, 5.74) is -2.51. The molecule has 3 aromatic rings. The summed E-state index contributed by atoms with van der Waals surface area (Å²) in [5, 5.41) is 9.05. The average molecular weight is 453 g/mol. The fourth-order valence-electron chi connectivity index (χ4n) is 3.55. The van der Waals surface area contributed by atoms with Crippen LogP contribution in [0.15, 0.2) is 40.1 Å². The van der Waals surface area contributed by atoms with Gasteiger partial charge in [-0.2, -0.15) is 18.3 Å². The van der Waals surface area contributed by atoms with E-state index in [4.69, 9.17) is 4.74 Å². The highest BCUT2D eigenvalue weighted by atomic mass is 19.4. The lowest BCUT2D eigenvalue weighted by Crippen LogP contribution is -2.48. The minimum atomic E-state index is -4.82. The van der Waals surface area contributed by atoms with Gasteiger partial charge in [0.05, 0.1) is 42.6 Å². The van der Waals surface area contributed by atoms with Crippen LogP contribution >= 0.6 is 0 Å². The van der Waals surface area contributed by atoms with Crippen molar-refractivity contribution in [1.29, 1.82) is 0 Å². The molecule has 32 heavy (non-hydrogen) atoms. The highest BCUT2D eigenvalue weighted by Gasteiger charge is 2.34. The Morgan fingerprint density at radius 2 is 1.88 bits per heavy atom. The lowest BCUT2D eigenvalue weighted by atomic mass is 10.1. The molecule has 3 heterocycles. The SMILES string of the molecule is Cn1nc(NCc2cccc(C(F)(F)F)c2F)c2cn(N3CCOCC3)c(=O)cc2c1=O. The van der Waals surface area contributed by atoms with Gasteiger partial charge in [-0.25, -0.2) is 13.7 Å². The molecular weight excluding hydrogens is 434 g/mol. The van der Waals surface area contributed by atoms with E-state index in [-0.39, 0.29) is 28.7 Å². The lowest BCUT2D eigenvalue weighted by molar-refractivity contribution is -0.140. The Hall–Kier alpha value is -3.41. The smallest absolute Gasteiger partial charge is 0.378 e. The molecular formula is C20H19F4N5O3. The van der Waals surface area contributed by atoms with Crippen LogP contribution < -0.4 is 21.4 Å². The van der Waals surface area contributed by atoms with Gasteiger partial charge in [-0.3, -0.25) is 9.59 Å². The molecule has 12 heteroatoms. The fraction of sp³-hybridized carbons (Fsp3) is 0.350. The summed E-state index contributed by atoms with van der Waals surface area (Å²) >= 11 is 0. The van der Waals surface area contributed by atoms with E-state index in [1.807, 2.05) is 0 Å². The molecule has 0 aliphatic carbocycles. The number of alkyl halides is 3. The van der Waals surface area contributed by atoms with Crippen molar-refractivity contribution in [3.8, 4) is 0 Å². The van der Waals surface area contributed by atoms with Crippen molar-refractivity contribution < 1.29 is 22.3 Å². The number of pyridine rings is 1. The predicted molar refractivity (Wildman–Crippen MR) is 109 cm³/mol. The molecule has 0 unspecified atom stereocenters. The lowest BCUT2D eigenvalue weighted by Gasteiger charge is -2.30. The van der Waals surface area contributed by atoms with Crippen molar-refractivity contribution in [3.05, 3.63) is 68.1 Å². The predicted octanol–water partition coefficient (Wildman–Crippen LogP) is 1.83. The maximum atomic E-state index is 14.4. The summed E-state index contributed by atoms with van der Waals surface area (Å²) < 4.78 is 61.0. The van der Waals surface area contributed by atoms with E-state index in [1.165, 1.54) is 30.1 Å². The molecule has 0 atom stereocenters. The maximum Gasteiger partial charge on any atom is 0.419 e. The Morgan fingerprint density at radius 1 is 1.16 bits per heavy atom. The monoisotopic (exact) mass is 453 g/mol. The molecule has 1 fully saturated rings. The number of morpholine rings is 1. The molecule has 4 rings (SSSR count). The van der Waals surface area contributed by atoms with Crippen LogP contribution in [0, 0.1) is 5.82 Å². The van der Waals surface area contributed by atoms with Crippen LogP contribution in [0.25, 0.3) is 10.8 Å². The van der Waals surface area contributed by atoms with Crippen molar-refractivity contribution in [2.45, 2.75) is 12.7 Å². The number of nitrogens with one attached hydrogen (secondary N) is 1. The van der Waals surface area contributed by atoms with Crippen LogP contribution in [-0.4, -0.2) is 40.8 Å². The number of rotatable bonds is 4. The molecule has 1 aliphatic heterocycles. The van der Waals surface area contributed by atoms with E-state index in [0.29, 0.717) is 32.4 Å². The molecule has 8 nitrogen and oxygen atoms in total. The van der Waals surface area contributed by atoms with E-state index < -0.39 is 28.7 Å². The van der Waals surface area contributed by atoms with Crippen LogP contribution in [-0.2, 0) is 24.5 Å². The molecule has 0 bridgehead atoms. The van der Waals surface area contributed by atoms with Gasteiger partial charge in [0.15, 0.2) is 5.82 Å². The highest BCUT2D eigenvalue weighted by Crippen LogP contribution is 2.32. The second-order valence-corrected chi connectivity index (χ2v) is 7.26. The Labute approximate surface area is 178 Å². The van der Waals surface area contributed by atoms with E-state index in [1.54, 1.807) is 5.01 Å². The summed E-state index contributed by atoms with van der Waals surface area (Å²) in [6.07, 6.45) is -3.38. The molecule has 0 saturated carbocycles. The Bertz CT molecular complexity index is 1280. The fourth-order valence-corrected chi connectivity index (χ4v) is 3.55. The number of hydrogen-bond acceptors (Lipinski definition) is 6. The van der Waals surface area contributed by atoms with Crippen LogP contribution in [0.3, 0.4) is 0 Å². The third-order valence-corrected chi connectivity index (χ3v) is 5.19. The first-order chi connectivity index (χ1) is 15.2. The number of halogens is 4. The number of hydrogen-bond donors (Lipinski definition) is 1. The minimum Gasteiger partial charge on any atom is -0.378 e. The first-order valence-electron chi connectivity index (χ1n) is 9.72. The van der Waals surface area contributed by atoms with Gasteiger partial charge in [-0.1, -0.05) is 12.1 Å². The topological polar surface area (TPSA) is 81.4 Å². The number of ether oxygens (including phenoxy) is 1. The van der Waals surface area contributed by atoms with Crippen LogP contribution in [0.4, 0.5) is 23.4 Å². The van der Waals surface area contributed by atoms with Gasteiger partial charge < -0.3 is 15.1 Å². The molecule has 170 valence electrons. The van der Waals surface area contributed by atoms with Crippen molar-refractivity contribution in [2.75, 3.05) is 36.6 Å². The molecule has 0 spiro atoms. The largest absolute Gasteiger partial charge is 0.419 e. The number of aromatic nitrogens is 3. The third kappa shape index (κ3) is 4.05. The Kier molecular flexibility index (Phi) is 5.63. The zero-order chi connectivity index (χ0) is 23.0. The van der Waals surface area contributed by atoms with Gasteiger partial charge in [-0.15, -0.1) is 0 Å². The number of benzene rings is 1. The van der Waals surface area contributed by atoms with Gasteiger partial charge in [0.25, 0.3) is 11.1 Å². The van der Waals surface area contributed by atoms with E-state index in [9.17, 15) is 27.2 Å². The number of nitrogens with zero attached hydrogens (tertiary/aromatic N) is 4. The van der Waals surface area contributed by atoms with Gasteiger partial charge in [-0.05, 0) is 6.07 Å². The zero-order valence-corrected chi connectivity index (χ0v) is 16.9. The van der Waals surface area contributed by atoms with E-state index in [0.717, 1.165) is 10.7 Å². The molecule has 0 amide bonds. The van der Waals surface area contributed by atoms with Crippen molar-refractivity contribution >= 4 is 16.6 Å². The Balaban J connectivity index is 1.75. The first kappa shape index (κ1) is 21.8. The highest BCUT2D eigenvalue weighted by molar-refractivity contribution is 5.90. The minimum absolute atomic E-state index is 0.0871. The van der Waals surface area contributed by atoms with Crippen LogP contribution in [0.1, 0.15) is 11.1 Å². The third-order valence-electron chi connectivity index (χ3n) is 5.19. The number of aryl methyl sites for hydroxylation is 1. The average Bonchev–Trinajstić information content (AvgIpc) is 2.75. The van der Waals surface area contributed by atoms with Gasteiger partial charge in [0.2, 0.25) is 0 Å². The van der Waals surface area contributed by atoms with Gasteiger partial charge >= 0.3 is 6.18 Å². The number of anilines is 1. The Morgan fingerprint density at radius 3 is 2.56 bits per heavy atom. The van der Waals surface area contributed by atoms with Gasteiger partial charge in [0, 0.05) is 31.4 Å². The molecule has 1 saturated heterocycles. The second-order valence-electron chi connectivity index (χ2n) is 7.26. The van der Waals surface area contributed by atoms with Crippen LogP contribution in [0.5, 0.6) is 0 Å². The normalized spacial score (nSPS) is 14.7. The van der Waals surface area contributed by atoms with Crippen molar-refractivity contribution in [2.24, 2.45) is 7.05 Å². The summed E-state index contributed by atoms with van der Waals surface area (Å²) in [7, 11) is 1.38. The molecule has 1 aromatic carbocycles. The van der Waals surface area contributed by atoms with Crippen molar-refractivity contribution in [1.82, 2.24) is 14.5 Å². The summed E-state index contributed by atoms with van der Waals surface area (Å²) in [6, 6.07) is 4.20. The van der Waals surface area contributed by atoms with E-state index in [2.05, 4.69) is 10.4 Å². The van der Waals surface area contributed by atoms with Gasteiger partial charge in [0.1, 0.15) is 5.82 Å². The summed E-state index contributed by atoms with van der Waals surface area (Å²) in [6.45, 7) is 1.47. The van der Waals surface area contributed by atoms with Crippen LogP contribution in [0.2, 0.25) is 0 Å². The second kappa shape index (κ2) is 8.26. The number of fused-ring (bicyclic) bond motifs is 1. The summed E-state index contributed by atoms with van der Waals surface area (Å²) in [5.74, 6) is -1.26. The maximum absolute atomic E-state index is 14.4. The molecule has 1 aliphatic rings. The van der Waals surface area contributed by atoms with E-state index >= 15 is 0 Å². The first-order valence-corrected chi connectivity index (χ1v) is 9.72. The zero-order valence-electron chi connectivity index (χ0n) is 16.9. The molecule has 2 aromatic heterocycles.